The van der Waals surface area contributed by atoms with Crippen molar-refractivity contribution >= 4 is 68.1 Å². The van der Waals surface area contributed by atoms with E-state index in [9.17, 15) is 14.0 Å². The second-order valence-electron chi connectivity index (χ2n) is 6.54. The third kappa shape index (κ3) is 5.27. The summed E-state index contributed by atoms with van der Waals surface area (Å²) in [5.41, 5.74) is 1.61. The van der Waals surface area contributed by atoms with Gasteiger partial charge < -0.3 is 5.32 Å². The molecule has 10 heteroatoms. The zero-order valence-electron chi connectivity index (χ0n) is 15.8. The molecule has 5 nitrogen and oxygen atoms in total. The van der Waals surface area contributed by atoms with Crippen molar-refractivity contribution in [2.24, 2.45) is 0 Å². The second-order valence-corrected chi connectivity index (χ2v) is 9.27. The summed E-state index contributed by atoms with van der Waals surface area (Å²) in [6, 6.07) is 12.4. The van der Waals surface area contributed by atoms with E-state index in [2.05, 4.69) is 10.3 Å². The highest BCUT2D eigenvalue weighted by Crippen LogP contribution is 2.24. The SMILES string of the molecule is O=C(CSc1nc2ccsc2c(=O)n1Cc1ccc(F)cc1)Nc1cc(Cl)cc(Cl)c1. The largest absolute Gasteiger partial charge is 0.325 e. The number of hydrogen-bond acceptors (Lipinski definition) is 5. The highest BCUT2D eigenvalue weighted by molar-refractivity contribution is 7.99. The molecule has 31 heavy (non-hydrogen) atoms. The minimum atomic E-state index is -0.352. The first-order chi connectivity index (χ1) is 14.9. The zero-order valence-corrected chi connectivity index (χ0v) is 18.9. The Kier molecular flexibility index (Phi) is 6.62. The molecule has 0 aliphatic rings. The van der Waals surface area contributed by atoms with Crippen molar-refractivity contribution in [2.75, 3.05) is 11.1 Å². The van der Waals surface area contributed by atoms with Crippen LogP contribution >= 0.6 is 46.3 Å². The second kappa shape index (κ2) is 9.40. The summed E-state index contributed by atoms with van der Waals surface area (Å²) in [7, 11) is 0. The number of carbonyl (C=O) groups is 1. The van der Waals surface area contributed by atoms with Gasteiger partial charge in [0.25, 0.3) is 5.56 Å². The molecule has 2 aromatic heterocycles. The first-order valence-corrected chi connectivity index (χ1v) is 11.6. The third-order valence-electron chi connectivity index (χ3n) is 4.26. The molecule has 0 bridgehead atoms. The van der Waals surface area contributed by atoms with Crippen molar-refractivity contribution in [3.05, 3.63) is 85.7 Å². The van der Waals surface area contributed by atoms with Crippen LogP contribution in [0.5, 0.6) is 0 Å². The number of carbonyl (C=O) groups excluding carboxylic acids is 1. The van der Waals surface area contributed by atoms with E-state index in [0.29, 0.717) is 31.1 Å². The number of benzene rings is 2. The number of nitrogens with zero attached hydrogens (tertiary/aromatic N) is 2. The third-order valence-corrected chi connectivity index (χ3v) is 6.57. The van der Waals surface area contributed by atoms with Gasteiger partial charge in [0.15, 0.2) is 5.16 Å². The molecular weight excluding hydrogens is 480 g/mol. The van der Waals surface area contributed by atoms with E-state index in [1.165, 1.54) is 28.0 Å². The number of halogens is 3. The summed E-state index contributed by atoms with van der Waals surface area (Å²) in [6.45, 7) is 0.216. The molecule has 0 saturated carbocycles. The molecule has 0 atom stereocenters. The number of thiophene rings is 1. The molecule has 158 valence electrons. The fourth-order valence-corrected chi connectivity index (χ4v) is 5.00. The molecule has 2 heterocycles. The number of fused-ring (bicyclic) bond motifs is 1. The molecule has 0 aliphatic heterocycles. The molecule has 0 fully saturated rings. The van der Waals surface area contributed by atoms with Crippen molar-refractivity contribution in [1.82, 2.24) is 9.55 Å². The Balaban J connectivity index is 1.57. The van der Waals surface area contributed by atoms with Crippen molar-refractivity contribution < 1.29 is 9.18 Å². The van der Waals surface area contributed by atoms with E-state index >= 15 is 0 Å². The number of hydrogen-bond donors (Lipinski definition) is 1. The monoisotopic (exact) mass is 493 g/mol. The fraction of sp³-hybridized carbons (Fsp3) is 0.0952. The van der Waals surface area contributed by atoms with E-state index in [4.69, 9.17) is 23.2 Å². The van der Waals surface area contributed by atoms with Crippen LogP contribution in [-0.4, -0.2) is 21.2 Å². The smallest absolute Gasteiger partial charge is 0.272 e. The van der Waals surface area contributed by atoms with Crippen LogP contribution in [0.15, 0.2) is 63.9 Å². The standard InChI is InChI=1S/C21H14Cl2FN3O2S2/c22-13-7-14(23)9-16(8-13)25-18(28)11-31-21-26-17-5-6-30-19(17)20(29)27(21)10-12-1-3-15(24)4-2-12/h1-9H,10-11H2,(H,25,28). The Labute approximate surface area is 194 Å². The summed E-state index contributed by atoms with van der Waals surface area (Å²) in [6.07, 6.45) is 0. The Morgan fingerprint density at radius 2 is 1.84 bits per heavy atom. The van der Waals surface area contributed by atoms with Crippen LogP contribution in [0, 0.1) is 5.82 Å². The van der Waals surface area contributed by atoms with E-state index in [1.807, 2.05) is 0 Å². The van der Waals surface area contributed by atoms with E-state index < -0.39 is 0 Å². The van der Waals surface area contributed by atoms with Crippen LogP contribution < -0.4 is 10.9 Å². The van der Waals surface area contributed by atoms with Gasteiger partial charge in [-0.25, -0.2) is 9.37 Å². The minimum Gasteiger partial charge on any atom is -0.325 e. The molecule has 0 aliphatic carbocycles. The van der Waals surface area contributed by atoms with Gasteiger partial charge in [-0.3, -0.25) is 14.2 Å². The van der Waals surface area contributed by atoms with Crippen LogP contribution in [0.25, 0.3) is 10.2 Å². The van der Waals surface area contributed by atoms with Gasteiger partial charge in [0.05, 0.1) is 17.8 Å². The lowest BCUT2D eigenvalue weighted by Crippen LogP contribution is -2.24. The molecular formula is C21H14Cl2FN3O2S2. The predicted octanol–water partition coefficient (Wildman–Crippen LogP) is 5.68. The Bertz CT molecular complexity index is 1300. The van der Waals surface area contributed by atoms with E-state index in [1.54, 1.807) is 41.8 Å². The topological polar surface area (TPSA) is 64.0 Å². The normalized spacial score (nSPS) is 11.1. The summed E-state index contributed by atoms with van der Waals surface area (Å²) < 4.78 is 15.3. The molecule has 4 rings (SSSR count). The average Bonchev–Trinajstić information content (AvgIpc) is 3.18. The Morgan fingerprint density at radius 3 is 2.55 bits per heavy atom. The van der Waals surface area contributed by atoms with Crippen LogP contribution in [0.1, 0.15) is 5.56 Å². The zero-order chi connectivity index (χ0) is 22.0. The predicted molar refractivity (Wildman–Crippen MR) is 125 cm³/mol. The Hall–Kier alpha value is -2.39. The molecule has 4 aromatic rings. The van der Waals surface area contributed by atoms with Crippen LogP contribution in [0.4, 0.5) is 10.1 Å². The van der Waals surface area contributed by atoms with Gasteiger partial charge in [-0.2, -0.15) is 0 Å². The van der Waals surface area contributed by atoms with Crippen molar-refractivity contribution in [3.63, 3.8) is 0 Å². The maximum absolute atomic E-state index is 13.2. The van der Waals surface area contributed by atoms with Gasteiger partial charge in [0.1, 0.15) is 10.5 Å². The number of amides is 1. The maximum atomic E-state index is 13.2. The highest BCUT2D eigenvalue weighted by Gasteiger charge is 2.15. The van der Waals surface area contributed by atoms with Crippen LogP contribution in [0.3, 0.4) is 0 Å². The van der Waals surface area contributed by atoms with Crippen molar-refractivity contribution in [2.45, 2.75) is 11.7 Å². The van der Waals surface area contributed by atoms with Crippen molar-refractivity contribution in [3.8, 4) is 0 Å². The maximum Gasteiger partial charge on any atom is 0.272 e. The molecule has 2 aromatic carbocycles. The Morgan fingerprint density at radius 1 is 1.13 bits per heavy atom. The lowest BCUT2D eigenvalue weighted by atomic mass is 10.2. The number of nitrogens with one attached hydrogen (secondary N) is 1. The minimum absolute atomic E-state index is 0.0234. The average molecular weight is 494 g/mol. The molecule has 1 N–H and O–H groups in total. The number of anilines is 1. The lowest BCUT2D eigenvalue weighted by molar-refractivity contribution is -0.113. The summed E-state index contributed by atoms with van der Waals surface area (Å²) in [4.78, 5) is 30.0. The molecule has 0 saturated heterocycles. The number of thioether (sulfide) groups is 1. The first kappa shape index (κ1) is 21.8. The fourth-order valence-electron chi connectivity index (χ4n) is 2.90. The highest BCUT2D eigenvalue weighted by atomic mass is 35.5. The van der Waals surface area contributed by atoms with Gasteiger partial charge >= 0.3 is 0 Å². The van der Waals surface area contributed by atoms with Gasteiger partial charge in [-0.05, 0) is 47.3 Å². The molecule has 0 radical (unpaired) electrons. The summed E-state index contributed by atoms with van der Waals surface area (Å²) in [5, 5.41) is 5.75. The lowest BCUT2D eigenvalue weighted by Gasteiger charge is -2.12. The van der Waals surface area contributed by atoms with Gasteiger partial charge in [0.2, 0.25) is 5.91 Å². The van der Waals surface area contributed by atoms with Gasteiger partial charge in [-0.1, -0.05) is 47.1 Å². The molecule has 0 unspecified atom stereocenters. The number of aromatic nitrogens is 2. The number of rotatable bonds is 6. The first-order valence-electron chi connectivity index (χ1n) is 9.00. The van der Waals surface area contributed by atoms with Gasteiger partial charge in [-0.15, -0.1) is 11.3 Å². The summed E-state index contributed by atoms with van der Waals surface area (Å²) in [5.74, 6) is -0.623. The van der Waals surface area contributed by atoms with Gasteiger partial charge in [0, 0.05) is 15.7 Å². The quantitative estimate of drug-likeness (QED) is 0.277. The van der Waals surface area contributed by atoms with Crippen LogP contribution in [-0.2, 0) is 11.3 Å². The van der Waals surface area contributed by atoms with Crippen molar-refractivity contribution in [1.29, 1.82) is 0 Å². The summed E-state index contributed by atoms with van der Waals surface area (Å²) >= 11 is 14.4. The molecule has 0 spiro atoms. The van der Waals surface area contributed by atoms with E-state index in [-0.39, 0.29) is 29.6 Å². The van der Waals surface area contributed by atoms with Crippen LogP contribution in [0.2, 0.25) is 10.0 Å². The van der Waals surface area contributed by atoms with E-state index in [0.717, 1.165) is 17.3 Å². The molecule has 1 amide bonds.